The molecule has 1 aliphatic heterocycles. The summed E-state index contributed by atoms with van der Waals surface area (Å²) in [5.74, 6) is -0.347. The van der Waals surface area contributed by atoms with Crippen LogP contribution in [0.3, 0.4) is 0 Å². The molecular formula is C20H25N5O3. The van der Waals surface area contributed by atoms with Crippen LogP contribution in [0.4, 0.5) is 0 Å². The molecule has 1 fully saturated rings. The molecule has 1 amide bonds. The number of aromatic nitrogens is 4. The fourth-order valence-corrected chi connectivity index (χ4v) is 3.52. The Morgan fingerprint density at radius 3 is 2.82 bits per heavy atom. The van der Waals surface area contributed by atoms with E-state index >= 15 is 0 Å². The second-order valence-electron chi connectivity index (χ2n) is 6.94. The Morgan fingerprint density at radius 2 is 2.11 bits per heavy atom. The zero-order chi connectivity index (χ0) is 19.8. The van der Waals surface area contributed by atoms with E-state index in [4.69, 9.17) is 4.74 Å². The second-order valence-corrected chi connectivity index (χ2v) is 6.94. The molecule has 8 heteroatoms. The monoisotopic (exact) mass is 383 g/mol. The molecule has 0 spiro atoms. The van der Waals surface area contributed by atoms with Gasteiger partial charge < -0.3 is 9.64 Å². The van der Waals surface area contributed by atoms with E-state index in [1.54, 1.807) is 11.8 Å². The molecule has 148 valence electrons. The first-order valence-corrected chi connectivity index (χ1v) is 9.50. The van der Waals surface area contributed by atoms with Crippen molar-refractivity contribution in [3.05, 3.63) is 48.3 Å². The van der Waals surface area contributed by atoms with Crippen LogP contribution in [-0.4, -0.2) is 56.7 Å². The highest BCUT2D eigenvalue weighted by Crippen LogP contribution is 2.36. The largest absolute Gasteiger partial charge is 0.466 e. The zero-order valence-corrected chi connectivity index (χ0v) is 16.0. The molecule has 1 aromatic carbocycles. The third kappa shape index (κ3) is 4.82. The van der Waals surface area contributed by atoms with Crippen LogP contribution in [-0.2, 0) is 20.9 Å². The summed E-state index contributed by atoms with van der Waals surface area (Å²) in [5.41, 5.74) is 0.347. The molecule has 8 nitrogen and oxygen atoms in total. The molecule has 1 saturated heterocycles. The van der Waals surface area contributed by atoms with Gasteiger partial charge in [0.05, 0.1) is 12.0 Å². The van der Waals surface area contributed by atoms with Crippen molar-refractivity contribution < 1.29 is 14.3 Å². The van der Waals surface area contributed by atoms with Gasteiger partial charge in [0.15, 0.2) is 0 Å². The minimum atomic E-state index is -0.726. The summed E-state index contributed by atoms with van der Waals surface area (Å²) in [6, 6.07) is 9.93. The summed E-state index contributed by atoms with van der Waals surface area (Å²) in [4.78, 5) is 27.2. The van der Waals surface area contributed by atoms with Crippen molar-refractivity contribution in [2.45, 2.75) is 32.7 Å². The van der Waals surface area contributed by atoms with Crippen molar-refractivity contribution in [3.8, 4) is 0 Å². The number of nitrogens with zero attached hydrogens (tertiary/aromatic N) is 5. The summed E-state index contributed by atoms with van der Waals surface area (Å²) < 4.78 is 6.76. The van der Waals surface area contributed by atoms with Gasteiger partial charge in [-0.2, -0.15) is 0 Å². The van der Waals surface area contributed by atoms with Crippen LogP contribution in [0.2, 0.25) is 0 Å². The number of tetrazole rings is 1. The van der Waals surface area contributed by atoms with Crippen molar-refractivity contribution in [3.63, 3.8) is 0 Å². The summed E-state index contributed by atoms with van der Waals surface area (Å²) in [6.07, 6.45) is 7.38. The molecule has 0 N–H and O–H groups in total. The third-order valence-corrected chi connectivity index (χ3v) is 4.95. The van der Waals surface area contributed by atoms with Gasteiger partial charge in [0, 0.05) is 13.1 Å². The average molecular weight is 383 g/mol. The number of likely N-dealkylation sites (tertiary alicyclic amines) is 1. The van der Waals surface area contributed by atoms with E-state index in [9.17, 15) is 9.59 Å². The van der Waals surface area contributed by atoms with E-state index in [-0.39, 0.29) is 18.4 Å². The van der Waals surface area contributed by atoms with Gasteiger partial charge in [-0.15, -0.1) is 5.10 Å². The van der Waals surface area contributed by atoms with Crippen molar-refractivity contribution in [2.75, 3.05) is 19.7 Å². The SMILES string of the molecule is CCOC(=O)[C@]1(C/C=C/c2ccccc2)CCCN(C(=O)Cn2cnnn2)C1. The molecule has 0 unspecified atom stereocenters. The zero-order valence-electron chi connectivity index (χ0n) is 16.0. The Hall–Kier alpha value is -3.03. The van der Waals surface area contributed by atoms with Gasteiger partial charge in [-0.05, 0) is 42.2 Å². The van der Waals surface area contributed by atoms with Crippen LogP contribution in [0.25, 0.3) is 6.08 Å². The predicted molar refractivity (Wildman–Crippen MR) is 103 cm³/mol. The number of carbonyl (C=O) groups excluding carboxylic acids is 2. The summed E-state index contributed by atoms with van der Waals surface area (Å²) in [6.45, 7) is 3.14. The van der Waals surface area contributed by atoms with E-state index in [0.717, 1.165) is 12.0 Å². The minimum Gasteiger partial charge on any atom is -0.466 e. The number of piperidine rings is 1. The van der Waals surface area contributed by atoms with Gasteiger partial charge in [-0.1, -0.05) is 42.5 Å². The average Bonchev–Trinajstić information content (AvgIpc) is 3.22. The highest BCUT2D eigenvalue weighted by atomic mass is 16.5. The van der Waals surface area contributed by atoms with E-state index in [1.165, 1.54) is 11.0 Å². The smallest absolute Gasteiger partial charge is 0.314 e. The Kier molecular flexibility index (Phi) is 6.52. The van der Waals surface area contributed by atoms with Gasteiger partial charge in [-0.3, -0.25) is 9.59 Å². The number of esters is 1. The van der Waals surface area contributed by atoms with E-state index < -0.39 is 5.41 Å². The number of hydrogen-bond donors (Lipinski definition) is 0. The van der Waals surface area contributed by atoms with Gasteiger partial charge in [-0.25, -0.2) is 4.68 Å². The van der Waals surface area contributed by atoms with Crippen LogP contribution in [0, 0.1) is 5.41 Å². The van der Waals surface area contributed by atoms with Crippen LogP contribution in [0.15, 0.2) is 42.7 Å². The third-order valence-electron chi connectivity index (χ3n) is 4.95. The second kappa shape index (κ2) is 9.25. The lowest BCUT2D eigenvalue weighted by atomic mass is 9.76. The van der Waals surface area contributed by atoms with Crippen LogP contribution >= 0.6 is 0 Å². The molecule has 1 atom stereocenters. The maximum absolute atomic E-state index is 12.8. The Bertz CT molecular complexity index is 807. The van der Waals surface area contributed by atoms with Crippen LogP contribution < -0.4 is 0 Å². The lowest BCUT2D eigenvalue weighted by molar-refractivity contribution is -0.160. The fraction of sp³-hybridized carbons (Fsp3) is 0.450. The molecule has 0 saturated carbocycles. The molecule has 2 heterocycles. The first-order valence-electron chi connectivity index (χ1n) is 9.50. The summed E-state index contributed by atoms with van der Waals surface area (Å²) in [5, 5.41) is 10.8. The number of rotatable bonds is 7. The van der Waals surface area contributed by atoms with E-state index in [1.807, 2.05) is 42.5 Å². The van der Waals surface area contributed by atoms with Gasteiger partial charge in [0.25, 0.3) is 0 Å². The van der Waals surface area contributed by atoms with Crippen molar-refractivity contribution in [1.29, 1.82) is 0 Å². The van der Waals surface area contributed by atoms with Gasteiger partial charge in [0.2, 0.25) is 5.91 Å². The molecule has 0 bridgehead atoms. The topological polar surface area (TPSA) is 90.2 Å². The first kappa shape index (κ1) is 19.7. The number of benzene rings is 1. The number of allylic oxidation sites excluding steroid dienone is 1. The number of carbonyl (C=O) groups is 2. The van der Waals surface area contributed by atoms with Crippen molar-refractivity contribution in [1.82, 2.24) is 25.1 Å². The van der Waals surface area contributed by atoms with Crippen LogP contribution in [0.1, 0.15) is 31.7 Å². The Balaban J connectivity index is 1.73. The highest BCUT2D eigenvalue weighted by molar-refractivity contribution is 5.81. The highest BCUT2D eigenvalue weighted by Gasteiger charge is 2.43. The van der Waals surface area contributed by atoms with Crippen molar-refractivity contribution in [2.24, 2.45) is 5.41 Å². The Labute approximate surface area is 164 Å². The maximum Gasteiger partial charge on any atom is 0.314 e. The molecule has 1 aliphatic rings. The Morgan fingerprint density at radius 1 is 1.29 bits per heavy atom. The molecule has 3 rings (SSSR count). The first-order chi connectivity index (χ1) is 13.6. The predicted octanol–water partition coefficient (Wildman–Crippen LogP) is 1.95. The number of ether oxygens (including phenoxy) is 1. The standard InChI is InChI=1S/C20H25N5O3/c1-2-28-19(27)20(11-6-10-17-8-4-3-5-9-17)12-7-13-24(15-20)18(26)14-25-16-21-22-23-25/h3-6,8-10,16H,2,7,11-15H2,1H3/b10-6+/t20-/m1/s1. The molecule has 0 radical (unpaired) electrons. The van der Waals surface area contributed by atoms with Gasteiger partial charge in [0.1, 0.15) is 12.9 Å². The number of hydrogen-bond acceptors (Lipinski definition) is 6. The van der Waals surface area contributed by atoms with Crippen molar-refractivity contribution >= 4 is 18.0 Å². The van der Waals surface area contributed by atoms with E-state index in [0.29, 0.717) is 32.5 Å². The molecule has 0 aliphatic carbocycles. The van der Waals surface area contributed by atoms with Gasteiger partial charge >= 0.3 is 5.97 Å². The maximum atomic E-state index is 12.8. The normalized spacial score (nSPS) is 19.7. The van der Waals surface area contributed by atoms with E-state index in [2.05, 4.69) is 15.5 Å². The molecule has 2 aromatic rings. The minimum absolute atomic E-state index is 0.0613. The fourth-order valence-electron chi connectivity index (χ4n) is 3.52. The lowest BCUT2D eigenvalue weighted by Crippen LogP contribution is -2.51. The summed E-state index contributed by atoms with van der Waals surface area (Å²) in [7, 11) is 0. The molecule has 1 aromatic heterocycles. The quantitative estimate of drug-likeness (QED) is 0.679. The molecular weight excluding hydrogens is 358 g/mol. The van der Waals surface area contributed by atoms with Crippen LogP contribution in [0.5, 0.6) is 0 Å². The molecule has 28 heavy (non-hydrogen) atoms. The number of amides is 1. The summed E-state index contributed by atoms with van der Waals surface area (Å²) >= 11 is 0. The lowest BCUT2D eigenvalue weighted by Gasteiger charge is -2.40.